The normalized spacial score (nSPS) is 18.1. The van der Waals surface area contributed by atoms with E-state index in [-0.39, 0.29) is 45.7 Å². The summed E-state index contributed by atoms with van der Waals surface area (Å²) in [5.74, 6) is -1.08. The van der Waals surface area contributed by atoms with E-state index in [4.69, 9.17) is 60.9 Å². The molecule has 0 aromatic carbocycles. The first-order valence-corrected chi connectivity index (χ1v) is 36.7. The van der Waals surface area contributed by atoms with Crippen LogP contribution in [-0.2, 0) is 85.5 Å². The maximum atomic E-state index is 15.2. The Kier molecular flexibility index (Phi) is 31.0. The van der Waals surface area contributed by atoms with E-state index in [0.29, 0.717) is 48.5 Å². The number of fused-ring (bicyclic) bond motifs is 12. The molecule has 0 unspecified atom stereocenters. The van der Waals surface area contributed by atoms with Crippen molar-refractivity contribution in [2.45, 2.75) is 233 Å². The first-order valence-electron chi connectivity index (χ1n) is 36.7. The van der Waals surface area contributed by atoms with Crippen molar-refractivity contribution in [3.05, 3.63) is 213 Å². The van der Waals surface area contributed by atoms with Gasteiger partial charge in [0.2, 0.25) is 0 Å². The maximum absolute atomic E-state index is 15.2. The molecule has 0 aliphatic carbocycles. The predicted molar refractivity (Wildman–Crippen MR) is 407 cm³/mol. The molecule has 100 heavy (non-hydrogen) atoms. The van der Waals surface area contributed by atoms with Gasteiger partial charge in [-0.1, -0.05) is 234 Å². The Morgan fingerprint density at radius 2 is 0.590 bits per heavy atom. The number of allylic oxidation sites excluding steroid dienone is 10. The number of carbonyl (C=O) groups is 2. The minimum atomic E-state index is -0.436. The van der Waals surface area contributed by atoms with E-state index < -0.39 is 11.8 Å². The Morgan fingerprint density at radius 1 is 0.340 bits per heavy atom. The smallest absolute Gasteiger partial charge is 0.687 e. The summed E-state index contributed by atoms with van der Waals surface area (Å²) in [5, 5.41) is 8.09. The van der Waals surface area contributed by atoms with Crippen molar-refractivity contribution >= 4 is 58.7 Å². The molecular weight excluding hydrogens is 1330 g/mol. The summed E-state index contributed by atoms with van der Waals surface area (Å²) >= 11 is 0. The zero-order chi connectivity index (χ0) is 71.1. The number of aromatic nitrogens is 4. The standard InChI is InChI=1S/C72H88N8O2.C5H10N.C5H6N.2Fe.2NO/c1-17-37-45(25-9)63-61(64-46(26-10)38(18-2)54(74-64)34-58-42(22-6)50(30-14)68(78-58)71(81)67-49(29-13)41(21-5)57(77-67)33-53(37)73-63)62-65-47(27-11)39(19-3)55(75-65)35-59-43(23-7)51(31-15)69(79-59)72(82)70-52(32-16)44(24-8)60(80-70)36-56-40(20-4)48(28-12)66(62)76-56;2*1-2-4-6-5-3-1;;;2*1-2/h33-36,61-62H,17-32H2,1-16H3,(H2-2,73,74,75,76,77,78,79,80,81,82);1-5H2;1-4H,5H2;;;;/q-2;2*-1;2*+4;2*-1/p-2. The van der Waals surface area contributed by atoms with E-state index in [9.17, 15) is 0 Å². The van der Waals surface area contributed by atoms with Crippen molar-refractivity contribution in [1.29, 1.82) is 0 Å². The minimum absolute atomic E-state index is 0. The molecule has 18 heteroatoms. The van der Waals surface area contributed by atoms with Crippen molar-refractivity contribution in [2.75, 3.05) is 19.6 Å². The predicted octanol–water partition coefficient (Wildman–Crippen LogP) is 19.7. The molecule has 16 bridgehead atoms. The maximum Gasteiger partial charge on any atom is 4.00 e. The Morgan fingerprint density at radius 3 is 0.740 bits per heavy atom. The van der Waals surface area contributed by atoms with Gasteiger partial charge in [-0.25, -0.2) is 0 Å². The number of rotatable bonds is 17. The third-order valence-electron chi connectivity index (χ3n) is 20.6. The molecular formula is C82H102Fe2N12O4. The largest absolute Gasteiger partial charge is 4.00 e. The van der Waals surface area contributed by atoms with E-state index >= 15 is 9.59 Å². The topological polar surface area (TPSA) is 247 Å². The van der Waals surface area contributed by atoms with Gasteiger partial charge in [-0.15, -0.1) is 48.5 Å². The molecule has 0 N–H and O–H groups in total. The second kappa shape index (κ2) is 38.0. The van der Waals surface area contributed by atoms with Crippen molar-refractivity contribution in [2.24, 2.45) is 31.8 Å². The number of nitroso groups, excluding NO2 is 2. The Balaban J connectivity index is 0.000000781. The third-order valence-corrected chi connectivity index (χ3v) is 20.6. The van der Waals surface area contributed by atoms with Crippen molar-refractivity contribution < 1.29 is 43.7 Å². The zero-order valence-corrected chi connectivity index (χ0v) is 64.2. The van der Waals surface area contributed by atoms with Gasteiger partial charge in [0.25, 0.3) is 0 Å². The molecule has 1 saturated heterocycles. The molecule has 0 atom stereocenters. The fourth-order valence-electron chi connectivity index (χ4n) is 16.2. The molecule has 12 heterocycles. The summed E-state index contributed by atoms with van der Waals surface area (Å²) in [5.41, 5.74) is 42.3. The van der Waals surface area contributed by atoms with Gasteiger partial charge in [-0.2, -0.15) is 6.20 Å². The molecule has 0 radical (unpaired) electrons. The molecule has 4 aromatic rings. The van der Waals surface area contributed by atoms with Crippen LogP contribution in [0.4, 0.5) is 0 Å². The first-order chi connectivity index (χ1) is 47.8. The van der Waals surface area contributed by atoms with Crippen LogP contribution >= 0.6 is 0 Å². The van der Waals surface area contributed by atoms with Gasteiger partial charge in [0.15, 0.2) is 0 Å². The molecule has 1 fully saturated rings. The summed E-state index contributed by atoms with van der Waals surface area (Å²) in [6.45, 7) is 38.5. The van der Waals surface area contributed by atoms with Crippen LogP contribution in [0.25, 0.3) is 46.1 Å². The van der Waals surface area contributed by atoms with Gasteiger partial charge < -0.3 is 51.6 Å². The van der Waals surface area contributed by atoms with Crippen LogP contribution in [0.1, 0.15) is 281 Å². The summed E-state index contributed by atoms with van der Waals surface area (Å²) < 4.78 is 0. The molecule has 0 saturated carbocycles. The average Bonchev–Trinajstić information content (AvgIpc) is 1.57. The van der Waals surface area contributed by atoms with E-state index in [1.54, 1.807) is 6.20 Å². The van der Waals surface area contributed by atoms with Crippen molar-refractivity contribution in [3.63, 3.8) is 0 Å². The quantitative estimate of drug-likeness (QED) is 0.0917. The van der Waals surface area contributed by atoms with Crippen LogP contribution in [0.5, 0.6) is 0 Å². The molecule has 0 spiro atoms. The van der Waals surface area contributed by atoms with Gasteiger partial charge >= 0.3 is 34.1 Å². The Bertz CT molecular complexity index is 3630. The van der Waals surface area contributed by atoms with E-state index in [1.165, 1.54) is 63.8 Å². The number of aliphatic imine (C=N–C) groups is 4. The van der Waals surface area contributed by atoms with Gasteiger partial charge in [-0.05, 0) is 147 Å². The summed E-state index contributed by atoms with van der Waals surface area (Å²) in [4.78, 5) is 90.4. The van der Waals surface area contributed by atoms with Crippen molar-refractivity contribution in [3.8, 4) is 0 Å². The van der Waals surface area contributed by atoms with E-state index in [1.807, 2.05) is 18.2 Å². The van der Waals surface area contributed by atoms with E-state index in [0.717, 1.165) is 210 Å². The fraction of sp³-hybridized carbons (Fsp3) is 0.488. The number of hydrogen-bond acceptors (Lipinski definition) is 8. The summed E-state index contributed by atoms with van der Waals surface area (Å²) in [6.07, 6.45) is 32.2. The second-order valence-electron chi connectivity index (χ2n) is 25.3. The van der Waals surface area contributed by atoms with Crippen LogP contribution < -0.4 is 19.9 Å². The molecule has 0 amide bonds. The first kappa shape index (κ1) is 81.5. The fourth-order valence-corrected chi connectivity index (χ4v) is 16.2. The number of hydrogen-bond donors (Lipinski definition) is 0. The van der Waals surface area contributed by atoms with Gasteiger partial charge in [0.1, 0.15) is 11.6 Å². The number of nitrogens with zero attached hydrogens (tertiary/aromatic N) is 12. The zero-order valence-electron chi connectivity index (χ0n) is 62.0. The number of piperidine rings is 1. The Hall–Kier alpha value is -7.46. The van der Waals surface area contributed by atoms with Crippen molar-refractivity contribution in [1.82, 2.24) is 19.9 Å². The monoisotopic (exact) mass is 1430 g/mol. The van der Waals surface area contributed by atoms with Crippen LogP contribution in [-0.4, -0.2) is 54.0 Å². The summed E-state index contributed by atoms with van der Waals surface area (Å²) in [6, 6.07) is 0. The van der Waals surface area contributed by atoms with Crippen LogP contribution in [0, 0.1) is 21.6 Å². The van der Waals surface area contributed by atoms with Gasteiger partial charge in [0, 0.05) is 0 Å². The van der Waals surface area contributed by atoms with Gasteiger partial charge in [-0.3, -0.25) is 29.6 Å². The SMILES string of the molecule is C1=CC[N-]C=C1.C1CC[N-]CC1.CCC1=C(CC)C2=NC1=Cc1[n-]c(c(CC)c1CC)C(=O)c1[n-]c(c(CC)c1CC)C=C1N=C(C(CC)=C1CC)C2C1C2=NC(=Cc3[n-]c(c(CC)c3CC)C(=O)c3[n-]c(c(CC)c3CC)C=C3N=C1C(CC)=C3CC)C(CC)=C2CC.[Fe+4].[Fe+4].[N-]=O.[N-]=O. The Labute approximate surface area is 616 Å². The minimum Gasteiger partial charge on any atom is -0.687 e. The molecule has 530 valence electrons. The second-order valence-corrected chi connectivity index (χ2v) is 25.3. The average molecular weight is 1430 g/mol. The molecule has 16 nitrogen and oxygen atoms in total. The van der Waals surface area contributed by atoms with Crippen LogP contribution in [0.3, 0.4) is 0 Å². The third kappa shape index (κ3) is 15.5. The molecule has 8 aliphatic heterocycles. The molecule has 4 aromatic heterocycles. The van der Waals surface area contributed by atoms with E-state index in [2.05, 4.69) is 146 Å². The van der Waals surface area contributed by atoms with Crippen LogP contribution in [0.15, 0.2) is 112 Å². The number of carbonyl (C=O) groups excluding carboxylic acids is 2. The summed E-state index contributed by atoms with van der Waals surface area (Å²) in [7, 11) is 0. The number of ketones is 2. The molecule has 8 aliphatic rings. The van der Waals surface area contributed by atoms with Gasteiger partial charge in [0.05, 0.1) is 57.5 Å². The van der Waals surface area contributed by atoms with Crippen LogP contribution in [0.2, 0.25) is 0 Å². The molecule has 12 rings (SSSR count).